The lowest BCUT2D eigenvalue weighted by Crippen LogP contribution is -2.17. The van der Waals surface area contributed by atoms with Crippen molar-refractivity contribution in [3.05, 3.63) is 84.4 Å². The van der Waals surface area contributed by atoms with Crippen LogP contribution in [0.3, 0.4) is 0 Å². The summed E-state index contributed by atoms with van der Waals surface area (Å²) >= 11 is 0. The highest BCUT2D eigenvalue weighted by Crippen LogP contribution is 2.29. The third-order valence-corrected chi connectivity index (χ3v) is 4.99. The molecule has 0 saturated heterocycles. The van der Waals surface area contributed by atoms with Crippen LogP contribution in [0.4, 0.5) is 5.82 Å². The number of hydrogen-bond acceptors (Lipinski definition) is 6. The number of rotatable bonds is 8. The lowest BCUT2D eigenvalue weighted by molar-refractivity contribution is 0.186. The first-order chi connectivity index (χ1) is 15.2. The van der Waals surface area contributed by atoms with Gasteiger partial charge in [-0.2, -0.15) is 0 Å². The monoisotopic (exact) mass is 451 g/mol. The van der Waals surface area contributed by atoms with E-state index >= 15 is 0 Å². The van der Waals surface area contributed by atoms with E-state index in [9.17, 15) is 0 Å². The molecule has 0 aliphatic rings. The highest BCUT2D eigenvalue weighted by molar-refractivity contribution is 5.85. The van der Waals surface area contributed by atoms with Crippen LogP contribution in [0.5, 0.6) is 5.75 Å². The summed E-state index contributed by atoms with van der Waals surface area (Å²) in [5, 5.41) is 12.2. The fourth-order valence-corrected chi connectivity index (χ4v) is 3.42. The van der Waals surface area contributed by atoms with Gasteiger partial charge in [0.2, 0.25) is 0 Å². The van der Waals surface area contributed by atoms with E-state index in [1.54, 1.807) is 20.5 Å². The molecule has 0 saturated carbocycles. The van der Waals surface area contributed by atoms with Gasteiger partial charge in [-0.05, 0) is 36.8 Å². The number of nitrogens with one attached hydrogen (secondary N) is 1. The number of methoxy groups -OCH3 is 2. The molecule has 0 spiro atoms. The summed E-state index contributed by atoms with van der Waals surface area (Å²) in [7, 11) is 3.35. The van der Waals surface area contributed by atoms with Gasteiger partial charge in [0, 0.05) is 18.9 Å². The third kappa shape index (κ3) is 5.25. The summed E-state index contributed by atoms with van der Waals surface area (Å²) in [6.07, 6.45) is 3.73. The molecule has 7 nitrogen and oxygen atoms in total. The van der Waals surface area contributed by atoms with Gasteiger partial charge in [-0.3, -0.25) is 0 Å². The number of benzene rings is 2. The van der Waals surface area contributed by atoms with Gasteiger partial charge in [0.25, 0.3) is 0 Å². The van der Waals surface area contributed by atoms with Crippen molar-refractivity contribution in [3.8, 4) is 22.7 Å². The summed E-state index contributed by atoms with van der Waals surface area (Å²) in [6, 6.07) is 20.0. The molecule has 2 aromatic carbocycles. The molecule has 4 rings (SSSR count). The van der Waals surface area contributed by atoms with Crippen molar-refractivity contribution in [3.63, 3.8) is 0 Å². The summed E-state index contributed by atoms with van der Waals surface area (Å²) in [6.45, 7) is 2.48. The quantitative estimate of drug-likeness (QED) is 0.412. The fourth-order valence-electron chi connectivity index (χ4n) is 3.42. The van der Waals surface area contributed by atoms with Gasteiger partial charge in [-0.1, -0.05) is 36.4 Å². The summed E-state index contributed by atoms with van der Waals surface area (Å²) in [5.41, 5.74) is 4.68. The Morgan fingerprint density at radius 2 is 1.81 bits per heavy atom. The Morgan fingerprint density at radius 1 is 1.00 bits per heavy atom. The van der Waals surface area contributed by atoms with E-state index < -0.39 is 0 Å². The molecule has 0 amide bonds. The number of aryl methyl sites for hydroxylation is 1. The molecular weight excluding hydrogens is 426 g/mol. The smallest absolute Gasteiger partial charge is 0.149 e. The molecule has 0 bridgehead atoms. The molecular formula is C24H26ClN5O2. The van der Waals surface area contributed by atoms with Crippen molar-refractivity contribution in [2.45, 2.75) is 13.0 Å². The van der Waals surface area contributed by atoms with E-state index in [0.717, 1.165) is 34.0 Å². The van der Waals surface area contributed by atoms with Crippen molar-refractivity contribution < 1.29 is 9.47 Å². The van der Waals surface area contributed by atoms with Crippen LogP contribution in [-0.4, -0.2) is 40.6 Å². The lowest BCUT2D eigenvalue weighted by atomic mass is 10.1. The Hall–Kier alpha value is -3.42. The minimum absolute atomic E-state index is 0. The first-order valence-corrected chi connectivity index (χ1v) is 10.0. The second-order valence-electron chi connectivity index (χ2n) is 7.18. The highest BCUT2D eigenvalue weighted by atomic mass is 35.5. The van der Waals surface area contributed by atoms with Crippen molar-refractivity contribution >= 4 is 18.2 Å². The van der Waals surface area contributed by atoms with Crippen LogP contribution in [0.2, 0.25) is 0 Å². The van der Waals surface area contributed by atoms with Gasteiger partial charge in [0.1, 0.15) is 11.6 Å². The summed E-state index contributed by atoms with van der Waals surface area (Å²) in [4.78, 5) is 4.29. The maximum Gasteiger partial charge on any atom is 0.149 e. The Morgan fingerprint density at radius 3 is 2.44 bits per heavy atom. The summed E-state index contributed by atoms with van der Waals surface area (Å²) in [5.74, 6) is 1.43. The normalized spacial score (nSPS) is 11.5. The predicted octanol–water partition coefficient (Wildman–Crippen LogP) is 4.87. The van der Waals surface area contributed by atoms with Crippen LogP contribution in [0.25, 0.3) is 16.9 Å². The Balaban J connectivity index is 0.00000289. The molecule has 0 aliphatic heterocycles. The SMILES string of the molecule is COC[C@H](Nc1ccc(-c2ccc(-n3cnc(C)c3)c(OC)c2)nn1)c1ccccc1.Cl. The molecule has 4 aromatic rings. The van der Waals surface area contributed by atoms with Gasteiger partial charge < -0.3 is 19.4 Å². The van der Waals surface area contributed by atoms with E-state index in [1.165, 1.54) is 0 Å². The largest absolute Gasteiger partial charge is 0.495 e. The number of anilines is 1. The number of ether oxygens (including phenoxy) is 2. The summed E-state index contributed by atoms with van der Waals surface area (Å²) < 4.78 is 12.9. The van der Waals surface area contributed by atoms with Crippen molar-refractivity contribution in [1.82, 2.24) is 19.7 Å². The molecule has 0 fully saturated rings. The van der Waals surface area contributed by atoms with E-state index in [0.29, 0.717) is 12.4 Å². The van der Waals surface area contributed by atoms with Gasteiger partial charge in [0.05, 0.1) is 43.2 Å². The van der Waals surface area contributed by atoms with Crippen LogP contribution in [-0.2, 0) is 4.74 Å². The van der Waals surface area contributed by atoms with Crippen LogP contribution < -0.4 is 10.1 Å². The fraction of sp³-hybridized carbons (Fsp3) is 0.208. The Bertz CT molecular complexity index is 1130. The van der Waals surface area contributed by atoms with Crippen molar-refractivity contribution in [2.24, 2.45) is 0 Å². The molecule has 32 heavy (non-hydrogen) atoms. The van der Waals surface area contributed by atoms with Crippen molar-refractivity contribution in [2.75, 3.05) is 26.1 Å². The molecule has 166 valence electrons. The third-order valence-electron chi connectivity index (χ3n) is 4.99. The minimum atomic E-state index is -0.00985. The van der Waals surface area contributed by atoms with E-state index in [1.807, 2.05) is 66.2 Å². The second-order valence-corrected chi connectivity index (χ2v) is 7.18. The molecule has 1 N–H and O–H groups in total. The predicted molar refractivity (Wildman–Crippen MR) is 128 cm³/mol. The van der Waals surface area contributed by atoms with Gasteiger partial charge >= 0.3 is 0 Å². The lowest BCUT2D eigenvalue weighted by Gasteiger charge is -2.18. The first kappa shape index (κ1) is 23.2. The van der Waals surface area contributed by atoms with Crippen molar-refractivity contribution in [1.29, 1.82) is 0 Å². The second kappa shape index (κ2) is 10.7. The molecule has 0 radical (unpaired) electrons. The van der Waals surface area contributed by atoms with Gasteiger partial charge in [0.15, 0.2) is 0 Å². The number of nitrogens with zero attached hydrogens (tertiary/aromatic N) is 4. The molecule has 0 unspecified atom stereocenters. The highest BCUT2D eigenvalue weighted by Gasteiger charge is 2.13. The number of halogens is 1. The van der Waals surface area contributed by atoms with Crippen LogP contribution in [0, 0.1) is 6.92 Å². The number of aromatic nitrogens is 4. The molecule has 1 atom stereocenters. The zero-order valence-electron chi connectivity index (χ0n) is 18.2. The van der Waals surface area contributed by atoms with E-state index in [2.05, 4.69) is 32.6 Å². The molecule has 0 aliphatic carbocycles. The van der Waals surface area contributed by atoms with Gasteiger partial charge in [-0.25, -0.2) is 4.98 Å². The zero-order valence-corrected chi connectivity index (χ0v) is 19.0. The Kier molecular flexibility index (Phi) is 7.81. The maximum absolute atomic E-state index is 5.60. The van der Waals surface area contributed by atoms with Crippen LogP contribution in [0.1, 0.15) is 17.3 Å². The van der Waals surface area contributed by atoms with Crippen LogP contribution >= 0.6 is 12.4 Å². The Labute approximate surface area is 193 Å². The average molecular weight is 452 g/mol. The minimum Gasteiger partial charge on any atom is -0.495 e. The van der Waals surface area contributed by atoms with Crippen LogP contribution in [0.15, 0.2) is 73.2 Å². The van der Waals surface area contributed by atoms with E-state index in [4.69, 9.17) is 9.47 Å². The molecule has 8 heteroatoms. The zero-order chi connectivity index (χ0) is 21.6. The van der Waals surface area contributed by atoms with E-state index in [-0.39, 0.29) is 18.4 Å². The molecule has 2 heterocycles. The topological polar surface area (TPSA) is 74.1 Å². The molecule has 2 aromatic heterocycles. The average Bonchev–Trinajstić information content (AvgIpc) is 3.25. The number of hydrogen-bond donors (Lipinski definition) is 1. The van der Waals surface area contributed by atoms with Gasteiger partial charge in [-0.15, -0.1) is 22.6 Å². The maximum atomic E-state index is 5.60. The standard InChI is InChI=1S/C24H25N5O2.ClH/c1-17-14-29(16-25-17)22-11-9-19(13-23(22)31-3)20-10-12-24(28-27-20)26-21(15-30-2)18-7-5-4-6-8-18;/h4-14,16,21H,15H2,1-3H3,(H,26,28);1H/t21-;/m0./s1. The first-order valence-electron chi connectivity index (χ1n) is 10.0. The number of imidazole rings is 1.